The molecule has 0 fully saturated rings. The lowest BCUT2D eigenvalue weighted by Gasteiger charge is -2.27. The number of rotatable bonds is 3. The SMILES string of the molecule is CC(N)(Cc1ccccc1Br)c1ccccc1Cl. The molecule has 0 aliphatic heterocycles. The molecular formula is C15H15BrClN. The molecule has 2 aromatic carbocycles. The normalized spacial score (nSPS) is 14.2. The molecule has 0 spiro atoms. The van der Waals surface area contributed by atoms with E-state index < -0.39 is 5.54 Å². The third kappa shape index (κ3) is 2.94. The second-order valence-electron chi connectivity index (χ2n) is 4.67. The first kappa shape index (κ1) is 13.6. The van der Waals surface area contributed by atoms with Gasteiger partial charge in [0, 0.05) is 15.0 Å². The summed E-state index contributed by atoms with van der Waals surface area (Å²) in [4.78, 5) is 0. The van der Waals surface area contributed by atoms with Gasteiger partial charge in [0.05, 0.1) is 0 Å². The van der Waals surface area contributed by atoms with Gasteiger partial charge < -0.3 is 5.73 Å². The van der Waals surface area contributed by atoms with Crippen LogP contribution < -0.4 is 5.73 Å². The first-order valence-corrected chi connectivity index (χ1v) is 6.95. The Balaban J connectivity index is 2.33. The van der Waals surface area contributed by atoms with Crippen LogP contribution in [0.3, 0.4) is 0 Å². The van der Waals surface area contributed by atoms with Gasteiger partial charge in [-0.15, -0.1) is 0 Å². The second-order valence-corrected chi connectivity index (χ2v) is 5.93. The number of benzene rings is 2. The fourth-order valence-corrected chi connectivity index (χ4v) is 2.83. The molecule has 3 heteroatoms. The van der Waals surface area contributed by atoms with Crippen molar-refractivity contribution in [2.24, 2.45) is 5.73 Å². The van der Waals surface area contributed by atoms with Gasteiger partial charge in [0.2, 0.25) is 0 Å². The number of nitrogens with two attached hydrogens (primary N) is 1. The molecule has 0 saturated carbocycles. The van der Waals surface area contributed by atoms with E-state index in [-0.39, 0.29) is 0 Å². The molecule has 0 aliphatic rings. The standard InChI is InChI=1S/C15H15BrClN/c1-15(18,12-7-3-5-9-14(12)17)10-11-6-2-4-8-13(11)16/h2-9H,10,18H2,1H3. The van der Waals surface area contributed by atoms with Crippen LogP contribution in [0.2, 0.25) is 5.02 Å². The largest absolute Gasteiger partial charge is 0.321 e. The molecule has 1 nitrogen and oxygen atoms in total. The zero-order chi connectivity index (χ0) is 13.2. The smallest absolute Gasteiger partial charge is 0.0456 e. The van der Waals surface area contributed by atoms with Crippen molar-refractivity contribution in [3.63, 3.8) is 0 Å². The maximum atomic E-state index is 6.43. The lowest BCUT2D eigenvalue weighted by molar-refractivity contribution is 0.491. The fraction of sp³-hybridized carbons (Fsp3) is 0.200. The Morgan fingerprint density at radius 2 is 1.72 bits per heavy atom. The quantitative estimate of drug-likeness (QED) is 0.882. The lowest BCUT2D eigenvalue weighted by Crippen LogP contribution is -2.35. The van der Waals surface area contributed by atoms with Crippen molar-refractivity contribution >= 4 is 27.5 Å². The van der Waals surface area contributed by atoms with E-state index in [1.54, 1.807) is 0 Å². The van der Waals surface area contributed by atoms with Crippen LogP contribution in [0, 0.1) is 0 Å². The lowest BCUT2D eigenvalue weighted by atomic mass is 9.86. The number of hydrogen-bond acceptors (Lipinski definition) is 1. The minimum absolute atomic E-state index is 0.484. The van der Waals surface area contributed by atoms with Crippen LogP contribution >= 0.6 is 27.5 Å². The van der Waals surface area contributed by atoms with Gasteiger partial charge in [0.15, 0.2) is 0 Å². The van der Waals surface area contributed by atoms with Crippen LogP contribution in [0.5, 0.6) is 0 Å². The Morgan fingerprint density at radius 3 is 2.39 bits per heavy atom. The Hall–Kier alpha value is -0.830. The average molecular weight is 325 g/mol. The fourth-order valence-electron chi connectivity index (χ4n) is 2.06. The summed E-state index contributed by atoms with van der Waals surface area (Å²) in [6, 6.07) is 15.9. The van der Waals surface area contributed by atoms with E-state index in [9.17, 15) is 0 Å². The van der Waals surface area contributed by atoms with Crippen LogP contribution in [0.1, 0.15) is 18.1 Å². The van der Waals surface area contributed by atoms with Crippen LogP contribution in [-0.2, 0) is 12.0 Å². The molecule has 2 N–H and O–H groups in total. The first-order chi connectivity index (χ1) is 8.50. The predicted octanol–water partition coefficient (Wildman–Crippen LogP) is 4.52. The molecule has 0 aromatic heterocycles. The molecule has 0 amide bonds. The highest BCUT2D eigenvalue weighted by Gasteiger charge is 2.24. The van der Waals surface area contributed by atoms with E-state index in [0.717, 1.165) is 21.5 Å². The van der Waals surface area contributed by atoms with Crippen molar-refractivity contribution in [1.82, 2.24) is 0 Å². The molecular weight excluding hydrogens is 310 g/mol. The topological polar surface area (TPSA) is 26.0 Å². The Kier molecular flexibility index (Phi) is 4.10. The minimum atomic E-state index is -0.484. The summed E-state index contributed by atoms with van der Waals surface area (Å²) in [7, 11) is 0. The zero-order valence-corrected chi connectivity index (χ0v) is 12.5. The van der Waals surface area contributed by atoms with Crippen molar-refractivity contribution in [3.8, 4) is 0 Å². The van der Waals surface area contributed by atoms with Crippen molar-refractivity contribution < 1.29 is 0 Å². The van der Waals surface area contributed by atoms with Crippen LogP contribution in [0.25, 0.3) is 0 Å². The molecule has 0 aliphatic carbocycles. The first-order valence-electron chi connectivity index (χ1n) is 5.78. The van der Waals surface area contributed by atoms with Gasteiger partial charge in [-0.25, -0.2) is 0 Å². The van der Waals surface area contributed by atoms with Gasteiger partial charge in [-0.1, -0.05) is 63.9 Å². The second kappa shape index (κ2) is 5.43. The molecule has 1 unspecified atom stereocenters. The van der Waals surface area contributed by atoms with Gasteiger partial charge in [-0.3, -0.25) is 0 Å². The molecule has 1 atom stereocenters. The maximum absolute atomic E-state index is 6.43. The van der Waals surface area contributed by atoms with Gasteiger partial charge in [-0.05, 0) is 36.6 Å². The van der Waals surface area contributed by atoms with Crippen LogP contribution in [0.15, 0.2) is 53.0 Å². The molecule has 94 valence electrons. The molecule has 2 rings (SSSR count). The molecule has 0 radical (unpaired) electrons. The molecule has 2 aromatic rings. The Morgan fingerprint density at radius 1 is 1.11 bits per heavy atom. The predicted molar refractivity (Wildman–Crippen MR) is 80.8 cm³/mol. The molecule has 0 heterocycles. The molecule has 0 saturated heterocycles. The van der Waals surface area contributed by atoms with Gasteiger partial charge >= 0.3 is 0 Å². The van der Waals surface area contributed by atoms with Gasteiger partial charge in [0.25, 0.3) is 0 Å². The summed E-state index contributed by atoms with van der Waals surface area (Å²) in [5.74, 6) is 0. The van der Waals surface area contributed by atoms with Crippen LogP contribution in [-0.4, -0.2) is 0 Å². The third-order valence-electron chi connectivity index (χ3n) is 3.00. The summed E-state index contributed by atoms with van der Waals surface area (Å²) >= 11 is 9.77. The highest BCUT2D eigenvalue weighted by molar-refractivity contribution is 9.10. The van der Waals surface area contributed by atoms with Gasteiger partial charge in [0.1, 0.15) is 0 Å². The Labute approximate surface area is 121 Å². The Bertz CT molecular complexity index is 552. The highest BCUT2D eigenvalue weighted by Crippen LogP contribution is 2.30. The summed E-state index contributed by atoms with van der Waals surface area (Å²) in [6.45, 7) is 2.01. The number of hydrogen-bond donors (Lipinski definition) is 1. The number of halogens is 2. The van der Waals surface area contributed by atoms with Crippen molar-refractivity contribution in [1.29, 1.82) is 0 Å². The van der Waals surface area contributed by atoms with Crippen molar-refractivity contribution in [2.75, 3.05) is 0 Å². The van der Waals surface area contributed by atoms with E-state index >= 15 is 0 Å². The van der Waals surface area contributed by atoms with Crippen molar-refractivity contribution in [2.45, 2.75) is 18.9 Å². The van der Waals surface area contributed by atoms with E-state index in [2.05, 4.69) is 22.0 Å². The average Bonchev–Trinajstić information content (AvgIpc) is 2.32. The zero-order valence-electron chi connectivity index (χ0n) is 10.2. The molecule has 0 bridgehead atoms. The third-order valence-corrected chi connectivity index (χ3v) is 4.11. The van der Waals surface area contributed by atoms with E-state index in [0.29, 0.717) is 0 Å². The summed E-state index contributed by atoms with van der Waals surface area (Å²) in [5, 5.41) is 0.717. The summed E-state index contributed by atoms with van der Waals surface area (Å²) < 4.78 is 1.08. The van der Waals surface area contributed by atoms with E-state index in [4.69, 9.17) is 17.3 Å². The van der Waals surface area contributed by atoms with E-state index in [1.165, 1.54) is 5.56 Å². The summed E-state index contributed by atoms with van der Waals surface area (Å²) in [5.41, 5.74) is 8.11. The van der Waals surface area contributed by atoms with Crippen LogP contribution in [0.4, 0.5) is 0 Å². The minimum Gasteiger partial charge on any atom is -0.321 e. The molecule has 18 heavy (non-hydrogen) atoms. The summed E-state index contributed by atoms with van der Waals surface area (Å²) in [6.07, 6.45) is 0.734. The van der Waals surface area contributed by atoms with E-state index in [1.807, 2.05) is 49.4 Å². The maximum Gasteiger partial charge on any atom is 0.0456 e. The van der Waals surface area contributed by atoms with Gasteiger partial charge in [-0.2, -0.15) is 0 Å². The monoisotopic (exact) mass is 323 g/mol. The van der Waals surface area contributed by atoms with Crippen molar-refractivity contribution in [3.05, 3.63) is 69.2 Å². The highest BCUT2D eigenvalue weighted by atomic mass is 79.9.